The highest BCUT2D eigenvalue weighted by Gasteiger charge is 2.56. The summed E-state index contributed by atoms with van der Waals surface area (Å²) in [5.74, 6) is 0.633. The summed E-state index contributed by atoms with van der Waals surface area (Å²) in [6.07, 6.45) is 2.68. The maximum atomic E-state index is 12.8. The molecule has 2 atom stereocenters. The molecule has 1 heterocycles. The zero-order chi connectivity index (χ0) is 15.8. The number of amides is 2. The summed E-state index contributed by atoms with van der Waals surface area (Å²) in [5, 5.41) is 2.95. The maximum absolute atomic E-state index is 12.8. The van der Waals surface area contributed by atoms with Crippen LogP contribution >= 0.6 is 11.6 Å². The first-order valence-electron chi connectivity index (χ1n) is 7.69. The van der Waals surface area contributed by atoms with E-state index in [4.69, 9.17) is 11.6 Å². The Hall–Kier alpha value is -1.03. The SMILES string of the molecule is CC(=CCl)CN1C(=O)C(CC(C)C)NC(=O)C1(C)C1CC1. The van der Waals surface area contributed by atoms with Gasteiger partial charge in [0.1, 0.15) is 11.6 Å². The molecule has 0 radical (unpaired) electrons. The summed E-state index contributed by atoms with van der Waals surface area (Å²) in [5.41, 5.74) is 1.66. The van der Waals surface area contributed by atoms with Crippen LogP contribution in [0.1, 0.15) is 47.0 Å². The molecule has 1 aliphatic heterocycles. The Kier molecular flexibility index (Phi) is 4.66. The summed E-state index contributed by atoms with van der Waals surface area (Å²) in [6, 6.07) is -0.410. The molecule has 1 aliphatic carbocycles. The average Bonchev–Trinajstić information content (AvgIpc) is 3.24. The van der Waals surface area contributed by atoms with E-state index < -0.39 is 11.6 Å². The lowest BCUT2D eigenvalue weighted by atomic mass is 9.86. The van der Waals surface area contributed by atoms with Crippen molar-refractivity contribution >= 4 is 23.4 Å². The number of carbonyl (C=O) groups excluding carboxylic acids is 2. The van der Waals surface area contributed by atoms with Crippen molar-refractivity contribution in [2.45, 2.75) is 58.5 Å². The van der Waals surface area contributed by atoms with Crippen LogP contribution in [-0.4, -0.2) is 34.8 Å². The van der Waals surface area contributed by atoms with Gasteiger partial charge in [0, 0.05) is 12.1 Å². The fourth-order valence-electron chi connectivity index (χ4n) is 3.11. The van der Waals surface area contributed by atoms with Gasteiger partial charge in [0.15, 0.2) is 0 Å². The van der Waals surface area contributed by atoms with Crippen LogP contribution < -0.4 is 5.32 Å². The van der Waals surface area contributed by atoms with Crippen molar-refractivity contribution in [2.75, 3.05) is 6.54 Å². The van der Waals surface area contributed by atoms with Gasteiger partial charge in [0.2, 0.25) is 11.8 Å². The average molecular weight is 313 g/mol. The van der Waals surface area contributed by atoms with Crippen molar-refractivity contribution in [1.29, 1.82) is 0 Å². The topological polar surface area (TPSA) is 49.4 Å². The van der Waals surface area contributed by atoms with Crippen LogP contribution in [0.25, 0.3) is 0 Å². The normalized spacial score (nSPS) is 30.9. The van der Waals surface area contributed by atoms with Crippen LogP contribution in [0.2, 0.25) is 0 Å². The van der Waals surface area contributed by atoms with Crippen molar-refractivity contribution in [3.05, 3.63) is 11.1 Å². The third-order valence-corrected chi connectivity index (χ3v) is 4.94. The summed E-state index contributed by atoms with van der Waals surface area (Å²) in [7, 11) is 0. The lowest BCUT2D eigenvalue weighted by Crippen LogP contribution is -2.70. The zero-order valence-corrected chi connectivity index (χ0v) is 14.0. The number of rotatable bonds is 5. The van der Waals surface area contributed by atoms with Gasteiger partial charge < -0.3 is 10.2 Å². The van der Waals surface area contributed by atoms with Crippen molar-refractivity contribution in [2.24, 2.45) is 11.8 Å². The Morgan fingerprint density at radius 2 is 2.10 bits per heavy atom. The standard InChI is InChI=1S/C16H25ClN2O2/c1-10(2)7-13-14(20)19(9-11(3)8-17)16(4,12-5-6-12)15(21)18-13/h8,10,12-13H,5-7,9H2,1-4H3,(H,18,21). The molecular formula is C16H25ClN2O2. The van der Waals surface area contributed by atoms with Crippen molar-refractivity contribution in [3.8, 4) is 0 Å². The van der Waals surface area contributed by atoms with Gasteiger partial charge in [-0.3, -0.25) is 9.59 Å². The van der Waals surface area contributed by atoms with E-state index in [-0.39, 0.29) is 17.7 Å². The number of halogens is 1. The van der Waals surface area contributed by atoms with Crippen LogP contribution in [-0.2, 0) is 9.59 Å². The molecule has 2 unspecified atom stereocenters. The number of nitrogens with one attached hydrogen (secondary N) is 1. The minimum absolute atomic E-state index is 0.0161. The van der Waals surface area contributed by atoms with Crippen molar-refractivity contribution in [3.63, 3.8) is 0 Å². The van der Waals surface area contributed by atoms with Gasteiger partial charge in [-0.05, 0) is 50.5 Å². The summed E-state index contributed by atoms with van der Waals surface area (Å²) in [4.78, 5) is 27.3. The molecule has 2 rings (SSSR count). The second-order valence-corrected chi connectivity index (χ2v) is 7.18. The van der Waals surface area contributed by atoms with Crippen LogP contribution in [0.5, 0.6) is 0 Å². The molecule has 2 aliphatic rings. The van der Waals surface area contributed by atoms with Gasteiger partial charge >= 0.3 is 0 Å². The highest BCUT2D eigenvalue weighted by Crippen LogP contribution is 2.45. The maximum Gasteiger partial charge on any atom is 0.246 e. The quantitative estimate of drug-likeness (QED) is 0.848. The molecule has 1 saturated heterocycles. The molecule has 0 aromatic rings. The Labute approximate surface area is 131 Å². The summed E-state index contributed by atoms with van der Waals surface area (Å²) < 4.78 is 0. The van der Waals surface area contributed by atoms with Gasteiger partial charge in [-0.2, -0.15) is 0 Å². The molecule has 0 bridgehead atoms. The van der Waals surface area contributed by atoms with E-state index in [1.165, 1.54) is 5.54 Å². The van der Waals surface area contributed by atoms with Gasteiger partial charge in [-0.25, -0.2) is 0 Å². The number of hydrogen-bond acceptors (Lipinski definition) is 2. The van der Waals surface area contributed by atoms with E-state index in [0.29, 0.717) is 18.9 Å². The molecule has 0 aromatic carbocycles. The fourth-order valence-corrected chi connectivity index (χ4v) is 3.18. The van der Waals surface area contributed by atoms with E-state index in [9.17, 15) is 9.59 Å². The molecule has 21 heavy (non-hydrogen) atoms. The van der Waals surface area contributed by atoms with Gasteiger partial charge in [0.25, 0.3) is 0 Å². The van der Waals surface area contributed by atoms with E-state index in [1.807, 2.05) is 13.8 Å². The van der Waals surface area contributed by atoms with Crippen LogP contribution in [0.4, 0.5) is 0 Å². The number of hydrogen-bond donors (Lipinski definition) is 1. The molecule has 2 amide bonds. The van der Waals surface area contributed by atoms with Crippen LogP contribution in [0.3, 0.4) is 0 Å². The van der Waals surface area contributed by atoms with Crippen LogP contribution in [0, 0.1) is 11.8 Å². The lowest BCUT2D eigenvalue weighted by molar-refractivity contribution is -0.157. The Morgan fingerprint density at radius 1 is 1.48 bits per heavy atom. The predicted octanol–water partition coefficient (Wildman–Crippen LogP) is 2.67. The highest BCUT2D eigenvalue weighted by atomic mass is 35.5. The van der Waals surface area contributed by atoms with E-state index in [1.54, 1.807) is 4.90 Å². The molecule has 0 aromatic heterocycles. The van der Waals surface area contributed by atoms with E-state index >= 15 is 0 Å². The molecule has 1 saturated carbocycles. The Balaban J connectivity index is 2.30. The van der Waals surface area contributed by atoms with Crippen molar-refractivity contribution < 1.29 is 9.59 Å². The second-order valence-electron chi connectivity index (χ2n) is 6.96. The number of piperazine rings is 1. The van der Waals surface area contributed by atoms with E-state index in [2.05, 4.69) is 19.2 Å². The third kappa shape index (κ3) is 3.10. The van der Waals surface area contributed by atoms with Crippen molar-refractivity contribution in [1.82, 2.24) is 10.2 Å². The lowest BCUT2D eigenvalue weighted by Gasteiger charge is -2.47. The molecule has 2 fully saturated rings. The number of carbonyl (C=O) groups is 2. The summed E-state index contributed by atoms with van der Waals surface area (Å²) >= 11 is 5.76. The Bertz CT molecular complexity index is 471. The van der Waals surface area contributed by atoms with Gasteiger partial charge in [-0.15, -0.1) is 0 Å². The van der Waals surface area contributed by atoms with Gasteiger partial charge in [0.05, 0.1) is 0 Å². The molecule has 4 nitrogen and oxygen atoms in total. The third-order valence-electron chi connectivity index (χ3n) is 4.56. The Morgan fingerprint density at radius 3 is 2.57 bits per heavy atom. The molecule has 1 N–H and O–H groups in total. The van der Waals surface area contributed by atoms with E-state index in [0.717, 1.165) is 18.4 Å². The number of nitrogens with zero attached hydrogens (tertiary/aromatic N) is 1. The monoisotopic (exact) mass is 312 g/mol. The smallest absolute Gasteiger partial charge is 0.246 e. The second kappa shape index (κ2) is 5.99. The molecule has 5 heteroatoms. The van der Waals surface area contributed by atoms with Crippen LogP contribution in [0.15, 0.2) is 11.1 Å². The first kappa shape index (κ1) is 16.3. The zero-order valence-electron chi connectivity index (χ0n) is 13.3. The fraction of sp³-hybridized carbons (Fsp3) is 0.750. The minimum atomic E-state index is -0.730. The first-order valence-corrected chi connectivity index (χ1v) is 8.12. The summed E-state index contributed by atoms with van der Waals surface area (Å²) in [6.45, 7) is 8.32. The van der Waals surface area contributed by atoms with Gasteiger partial charge in [-0.1, -0.05) is 25.4 Å². The predicted molar refractivity (Wildman–Crippen MR) is 83.8 cm³/mol. The minimum Gasteiger partial charge on any atom is -0.342 e. The molecular weight excluding hydrogens is 288 g/mol. The highest BCUT2D eigenvalue weighted by molar-refractivity contribution is 6.25. The first-order chi connectivity index (χ1) is 9.80. The molecule has 0 spiro atoms. The largest absolute Gasteiger partial charge is 0.342 e. The molecule has 118 valence electrons.